The maximum atomic E-state index is 2.66. The molecule has 0 N–H and O–H groups in total. The van der Waals surface area contributed by atoms with Crippen molar-refractivity contribution < 1.29 is 0 Å². The van der Waals surface area contributed by atoms with Gasteiger partial charge < -0.3 is 9.80 Å². The Labute approximate surface area is 436 Å². The van der Waals surface area contributed by atoms with Crippen LogP contribution in [-0.2, 0) is 21.7 Å². The van der Waals surface area contributed by atoms with Gasteiger partial charge in [0.15, 0.2) is 0 Å². The van der Waals surface area contributed by atoms with E-state index in [0.717, 1.165) is 0 Å². The van der Waals surface area contributed by atoms with Crippen molar-refractivity contribution in [3.8, 4) is 44.5 Å². The number of nitrogens with zero attached hydrogens (tertiary/aromatic N) is 2. The number of anilines is 6. The number of benzene rings is 9. The molecule has 2 aliphatic heterocycles. The van der Waals surface area contributed by atoms with Gasteiger partial charge in [-0.1, -0.05) is 259 Å². The molecule has 0 radical (unpaired) electrons. The fourth-order valence-corrected chi connectivity index (χ4v) is 11.4. The second-order valence-electron chi connectivity index (χ2n) is 24.7. The Bertz CT molecular complexity index is 3320. The third-order valence-corrected chi connectivity index (χ3v) is 15.5. The summed E-state index contributed by atoms with van der Waals surface area (Å²) in [5, 5.41) is 0. The van der Waals surface area contributed by atoms with E-state index in [4.69, 9.17) is 0 Å². The Hall–Kier alpha value is -7.36. The van der Waals surface area contributed by atoms with Crippen molar-refractivity contribution in [1.29, 1.82) is 0 Å². The van der Waals surface area contributed by atoms with Crippen molar-refractivity contribution in [1.82, 2.24) is 0 Å². The molecule has 9 aromatic rings. The predicted octanol–water partition coefficient (Wildman–Crippen LogP) is 17.6. The van der Waals surface area contributed by atoms with Crippen LogP contribution in [0.1, 0.15) is 105 Å². The highest BCUT2D eigenvalue weighted by atomic mass is 15.2. The van der Waals surface area contributed by atoms with E-state index >= 15 is 0 Å². The second-order valence-corrected chi connectivity index (χ2v) is 24.7. The molecule has 2 nitrogen and oxygen atoms in total. The summed E-state index contributed by atoms with van der Waals surface area (Å²) >= 11 is 0. The third kappa shape index (κ3) is 8.51. The van der Waals surface area contributed by atoms with Crippen molar-refractivity contribution in [3.63, 3.8) is 0 Å². The van der Waals surface area contributed by atoms with Crippen LogP contribution in [-0.4, -0.2) is 6.71 Å². The van der Waals surface area contributed by atoms with E-state index in [2.05, 4.69) is 293 Å². The summed E-state index contributed by atoms with van der Waals surface area (Å²) in [4.78, 5) is 5.32. The molecule has 0 atom stereocenters. The Morgan fingerprint density at radius 2 is 0.589 bits per heavy atom. The molecule has 3 heteroatoms. The van der Waals surface area contributed by atoms with E-state index in [0.29, 0.717) is 0 Å². The van der Waals surface area contributed by atoms with Crippen LogP contribution in [0.5, 0.6) is 0 Å². The maximum absolute atomic E-state index is 2.66. The Morgan fingerprint density at radius 3 is 0.959 bits per heavy atom. The average molecular weight is 949 g/mol. The minimum absolute atomic E-state index is 0.0229. The highest BCUT2D eigenvalue weighted by Gasteiger charge is 2.45. The molecule has 0 saturated carbocycles. The molecular formula is C70H69BN2. The van der Waals surface area contributed by atoms with E-state index in [1.54, 1.807) is 0 Å². The molecule has 0 saturated heterocycles. The SMILES string of the molecule is CC(C)(C)c1cccc(-c2cccc(-c3ccccc3)c2N2c3cc(C(C)(C)C)ccc3B3c4ccc(C(C)(C)C)cc4N(c4c(-c5ccccc5)cccc4-c4cccc(C(C)(C)C)c4)c4cccc2c43)c1. The van der Waals surface area contributed by atoms with Crippen LogP contribution in [0, 0.1) is 0 Å². The summed E-state index contributed by atoms with van der Waals surface area (Å²) in [7, 11) is 0. The molecule has 0 aromatic heterocycles. The van der Waals surface area contributed by atoms with Gasteiger partial charge in [0, 0.05) is 45.0 Å². The number of para-hydroxylation sites is 2. The van der Waals surface area contributed by atoms with E-state index in [1.165, 1.54) is 117 Å². The van der Waals surface area contributed by atoms with Gasteiger partial charge >= 0.3 is 0 Å². The van der Waals surface area contributed by atoms with Gasteiger partial charge in [-0.3, -0.25) is 0 Å². The van der Waals surface area contributed by atoms with Gasteiger partial charge in [0.25, 0.3) is 6.71 Å². The molecule has 73 heavy (non-hydrogen) atoms. The summed E-state index contributed by atoms with van der Waals surface area (Å²) in [6.07, 6.45) is 0. The molecule has 362 valence electrons. The first-order valence-corrected chi connectivity index (χ1v) is 26.4. The molecule has 0 amide bonds. The molecule has 0 aliphatic carbocycles. The lowest BCUT2D eigenvalue weighted by Gasteiger charge is -2.46. The highest BCUT2D eigenvalue weighted by molar-refractivity contribution is 7.00. The molecule has 0 spiro atoms. The minimum atomic E-state index is -0.0869. The topological polar surface area (TPSA) is 6.48 Å². The van der Waals surface area contributed by atoms with Gasteiger partial charge in [-0.05, 0) is 107 Å². The lowest BCUT2D eigenvalue weighted by Crippen LogP contribution is -2.61. The zero-order chi connectivity index (χ0) is 51.2. The quantitative estimate of drug-likeness (QED) is 0.153. The van der Waals surface area contributed by atoms with Crippen LogP contribution >= 0.6 is 0 Å². The smallest absolute Gasteiger partial charge is 0.252 e. The third-order valence-electron chi connectivity index (χ3n) is 15.5. The van der Waals surface area contributed by atoms with Crippen molar-refractivity contribution in [2.45, 2.75) is 105 Å². The van der Waals surface area contributed by atoms with Crippen LogP contribution < -0.4 is 26.2 Å². The lowest BCUT2D eigenvalue weighted by atomic mass is 9.33. The summed E-state index contributed by atoms with van der Waals surface area (Å²) in [5.41, 5.74) is 25.8. The molecule has 0 fully saturated rings. The maximum Gasteiger partial charge on any atom is 0.252 e. The zero-order valence-corrected chi connectivity index (χ0v) is 45.0. The van der Waals surface area contributed by atoms with Gasteiger partial charge in [-0.2, -0.15) is 0 Å². The largest absolute Gasteiger partial charge is 0.310 e. The molecule has 11 rings (SSSR count). The van der Waals surface area contributed by atoms with Crippen LogP contribution in [0.25, 0.3) is 44.5 Å². The summed E-state index contributed by atoms with van der Waals surface area (Å²) < 4.78 is 0. The fourth-order valence-electron chi connectivity index (χ4n) is 11.4. The normalized spacial score (nSPS) is 13.4. The summed E-state index contributed by atoms with van der Waals surface area (Å²) in [6, 6.07) is 76.4. The highest BCUT2D eigenvalue weighted by Crippen LogP contribution is 2.53. The predicted molar refractivity (Wildman–Crippen MR) is 317 cm³/mol. The van der Waals surface area contributed by atoms with E-state index in [9.17, 15) is 0 Å². The van der Waals surface area contributed by atoms with Gasteiger partial charge in [-0.15, -0.1) is 0 Å². The number of rotatable bonds is 6. The summed E-state index contributed by atoms with van der Waals surface area (Å²) in [5.74, 6) is 0. The first-order valence-electron chi connectivity index (χ1n) is 26.4. The average Bonchev–Trinajstić information content (AvgIpc) is 3.37. The number of hydrogen-bond donors (Lipinski definition) is 0. The standard InChI is InChI=1S/C70H69BN2/c1-67(2,3)50-30-19-28-48(42-50)56-34-21-32-54(46-24-15-13-16-25-46)65(56)72-60-36-23-37-61-64(60)71(58-40-38-52(44-62(58)72)69(7,8)9)59-41-39-53(70(10,11)12)45-63(59)73(61)66-55(47-26-17-14-18-27-47)33-22-35-57(66)49-29-20-31-51(43-49)68(4,5)6/h13-45H,1-12H3. The van der Waals surface area contributed by atoms with Gasteiger partial charge in [0.1, 0.15) is 0 Å². The van der Waals surface area contributed by atoms with Gasteiger partial charge in [0.05, 0.1) is 11.4 Å². The van der Waals surface area contributed by atoms with Gasteiger partial charge in [-0.25, -0.2) is 0 Å². The van der Waals surface area contributed by atoms with Crippen LogP contribution in [0.15, 0.2) is 200 Å². The molecular weight excluding hydrogens is 880 g/mol. The molecule has 0 bridgehead atoms. The first kappa shape index (κ1) is 47.9. The van der Waals surface area contributed by atoms with E-state index < -0.39 is 0 Å². The zero-order valence-electron chi connectivity index (χ0n) is 45.0. The first-order chi connectivity index (χ1) is 34.8. The molecule has 2 aliphatic rings. The van der Waals surface area contributed by atoms with Gasteiger partial charge in [0.2, 0.25) is 0 Å². The monoisotopic (exact) mass is 949 g/mol. The van der Waals surface area contributed by atoms with Crippen molar-refractivity contribution in [2.24, 2.45) is 0 Å². The second kappa shape index (κ2) is 17.7. The number of hydrogen-bond acceptors (Lipinski definition) is 2. The fraction of sp³-hybridized carbons (Fsp3) is 0.229. The van der Waals surface area contributed by atoms with E-state index in [1.807, 2.05) is 0 Å². The molecule has 0 unspecified atom stereocenters. The van der Waals surface area contributed by atoms with Crippen LogP contribution in [0.3, 0.4) is 0 Å². The Balaban J connectivity index is 1.29. The van der Waals surface area contributed by atoms with Crippen molar-refractivity contribution in [3.05, 3.63) is 222 Å². The van der Waals surface area contributed by atoms with Crippen LogP contribution in [0.4, 0.5) is 34.1 Å². The Morgan fingerprint density at radius 1 is 0.274 bits per heavy atom. The lowest BCUT2D eigenvalue weighted by molar-refractivity contribution is 0.590. The minimum Gasteiger partial charge on any atom is -0.310 e. The van der Waals surface area contributed by atoms with E-state index in [-0.39, 0.29) is 28.4 Å². The van der Waals surface area contributed by atoms with Crippen molar-refractivity contribution >= 4 is 57.2 Å². The molecule has 2 heterocycles. The van der Waals surface area contributed by atoms with Crippen LogP contribution in [0.2, 0.25) is 0 Å². The Kier molecular flexibility index (Phi) is 11.6. The molecule has 9 aromatic carbocycles. The number of fused-ring (bicyclic) bond motifs is 4. The van der Waals surface area contributed by atoms with Crippen molar-refractivity contribution in [2.75, 3.05) is 9.80 Å². The summed E-state index contributed by atoms with van der Waals surface area (Å²) in [6.45, 7) is 27.9.